The van der Waals surface area contributed by atoms with E-state index in [1.807, 2.05) is 6.07 Å². The van der Waals surface area contributed by atoms with E-state index in [1.54, 1.807) is 0 Å². The number of hydrogen-bond acceptors (Lipinski definition) is 3. The van der Waals surface area contributed by atoms with Gasteiger partial charge < -0.3 is 10.6 Å². The number of carbonyl (C=O) groups is 2. The summed E-state index contributed by atoms with van der Waals surface area (Å²) in [5.41, 5.74) is 1.22. The van der Waals surface area contributed by atoms with Crippen molar-refractivity contribution in [3.8, 4) is 0 Å². The number of nitrogens with one attached hydrogen (secondary N) is 2. The fourth-order valence-electron chi connectivity index (χ4n) is 4.62. The molecule has 2 aromatic rings. The molecule has 5 heteroatoms. The fourth-order valence-corrected chi connectivity index (χ4v) is 4.62. The zero-order valence-corrected chi connectivity index (χ0v) is 16.3. The van der Waals surface area contributed by atoms with Crippen LogP contribution in [0.2, 0.25) is 0 Å². The van der Waals surface area contributed by atoms with Crippen LogP contribution in [0.15, 0.2) is 42.5 Å². The van der Waals surface area contributed by atoms with E-state index < -0.39 is 11.8 Å². The highest BCUT2D eigenvalue weighted by molar-refractivity contribution is 6.35. The van der Waals surface area contributed by atoms with Crippen molar-refractivity contribution < 1.29 is 9.59 Å². The van der Waals surface area contributed by atoms with Gasteiger partial charge in [0.15, 0.2) is 0 Å². The number of hydrogen-bond donors (Lipinski definition) is 2. The molecule has 1 saturated carbocycles. The summed E-state index contributed by atoms with van der Waals surface area (Å²) in [6.45, 7) is 2.50. The lowest BCUT2D eigenvalue weighted by Crippen LogP contribution is -2.46. The Morgan fingerprint density at radius 3 is 2.43 bits per heavy atom. The van der Waals surface area contributed by atoms with Gasteiger partial charge in [0.2, 0.25) is 0 Å². The van der Waals surface area contributed by atoms with Crippen LogP contribution in [0.1, 0.15) is 50.1 Å². The van der Waals surface area contributed by atoms with E-state index in [0.717, 1.165) is 38.8 Å². The van der Waals surface area contributed by atoms with Gasteiger partial charge in [-0.3, -0.25) is 14.5 Å². The molecule has 1 heterocycles. The second kappa shape index (κ2) is 8.74. The molecule has 2 aliphatic rings. The van der Waals surface area contributed by atoms with Gasteiger partial charge in [-0.05, 0) is 55.1 Å². The van der Waals surface area contributed by atoms with Crippen LogP contribution in [0.25, 0.3) is 10.8 Å². The van der Waals surface area contributed by atoms with Gasteiger partial charge in [0.05, 0.1) is 6.04 Å². The Hall–Kier alpha value is -2.40. The number of benzene rings is 2. The molecule has 1 atom stereocenters. The van der Waals surface area contributed by atoms with Crippen molar-refractivity contribution in [2.24, 2.45) is 0 Å². The molecular formula is C23H29N3O2. The minimum Gasteiger partial charge on any atom is -0.346 e. The maximum absolute atomic E-state index is 12.4. The Morgan fingerprint density at radius 2 is 1.64 bits per heavy atom. The summed E-state index contributed by atoms with van der Waals surface area (Å²) in [7, 11) is 0. The quantitative estimate of drug-likeness (QED) is 0.785. The van der Waals surface area contributed by atoms with E-state index >= 15 is 0 Å². The van der Waals surface area contributed by atoms with E-state index in [0.29, 0.717) is 6.54 Å². The Balaban J connectivity index is 1.49. The van der Waals surface area contributed by atoms with Crippen LogP contribution in [-0.2, 0) is 9.59 Å². The molecule has 2 fully saturated rings. The van der Waals surface area contributed by atoms with Crippen LogP contribution >= 0.6 is 0 Å². The minimum atomic E-state index is -0.517. The predicted molar refractivity (Wildman–Crippen MR) is 111 cm³/mol. The van der Waals surface area contributed by atoms with Crippen LogP contribution in [0.5, 0.6) is 0 Å². The number of fused-ring (bicyclic) bond motifs is 1. The first kappa shape index (κ1) is 18.9. The normalized spacial score (nSPS) is 19.0. The largest absolute Gasteiger partial charge is 0.346 e. The molecule has 2 amide bonds. The summed E-state index contributed by atoms with van der Waals surface area (Å²) >= 11 is 0. The van der Waals surface area contributed by atoms with Crippen molar-refractivity contribution in [1.29, 1.82) is 0 Å². The highest BCUT2D eigenvalue weighted by atomic mass is 16.2. The maximum Gasteiger partial charge on any atom is 0.309 e. The highest BCUT2D eigenvalue weighted by Crippen LogP contribution is 2.30. The topological polar surface area (TPSA) is 61.4 Å². The van der Waals surface area contributed by atoms with E-state index in [4.69, 9.17) is 0 Å². The summed E-state index contributed by atoms with van der Waals surface area (Å²) in [6.07, 6.45) is 6.57. The van der Waals surface area contributed by atoms with Gasteiger partial charge >= 0.3 is 11.8 Å². The van der Waals surface area contributed by atoms with Crippen LogP contribution < -0.4 is 10.6 Å². The molecule has 148 valence electrons. The monoisotopic (exact) mass is 379 g/mol. The molecule has 0 spiro atoms. The average molecular weight is 380 g/mol. The first-order chi connectivity index (χ1) is 13.7. The summed E-state index contributed by atoms with van der Waals surface area (Å²) in [5, 5.41) is 8.20. The number of amides is 2. The summed E-state index contributed by atoms with van der Waals surface area (Å²) in [5.74, 6) is -1.01. The number of likely N-dealkylation sites (tertiary alicyclic amines) is 1. The first-order valence-electron chi connectivity index (χ1n) is 10.5. The molecule has 28 heavy (non-hydrogen) atoms. The maximum atomic E-state index is 12.4. The summed E-state index contributed by atoms with van der Waals surface area (Å²) < 4.78 is 0. The van der Waals surface area contributed by atoms with E-state index in [1.165, 1.54) is 29.2 Å². The van der Waals surface area contributed by atoms with Gasteiger partial charge in [0.1, 0.15) is 0 Å². The van der Waals surface area contributed by atoms with Crippen molar-refractivity contribution in [3.05, 3.63) is 48.0 Å². The van der Waals surface area contributed by atoms with Gasteiger partial charge in [-0.25, -0.2) is 0 Å². The standard InChI is InChI=1S/C23H29N3O2/c27-22(23(28)25-18-10-2-3-11-18)24-16-21(26-14-5-6-15-26)20-13-7-9-17-8-1-4-12-19(17)20/h1,4,7-9,12-13,18,21H,2-3,5-6,10-11,14-16H2,(H,24,27)(H,25,28). The van der Waals surface area contributed by atoms with E-state index in [2.05, 4.69) is 51.9 Å². The molecule has 1 unspecified atom stereocenters. The summed E-state index contributed by atoms with van der Waals surface area (Å²) in [6, 6.07) is 14.9. The highest BCUT2D eigenvalue weighted by Gasteiger charge is 2.27. The van der Waals surface area contributed by atoms with E-state index in [9.17, 15) is 9.59 Å². The second-order valence-electron chi connectivity index (χ2n) is 7.99. The first-order valence-corrected chi connectivity index (χ1v) is 10.5. The molecule has 1 saturated heterocycles. The third-order valence-electron chi connectivity index (χ3n) is 6.12. The van der Waals surface area contributed by atoms with Crippen molar-refractivity contribution in [3.63, 3.8) is 0 Å². The molecule has 4 rings (SSSR count). The third-order valence-corrected chi connectivity index (χ3v) is 6.12. The molecule has 0 aromatic heterocycles. The number of rotatable bonds is 5. The summed E-state index contributed by atoms with van der Waals surface area (Å²) in [4.78, 5) is 27.1. The molecular weight excluding hydrogens is 350 g/mol. The lowest BCUT2D eigenvalue weighted by molar-refractivity contribution is -0.139. The van der Waals surface area contributed by atoms with Gasteiger partial charge in [0, 0.05) is 12.6 Å². The minimum absolute atomic E-state index is 0.0804. The SMILES string of the molecule is O=C(NCC(c1cccc2ccccc12)N1CCCC1)C(=O)NC1CCCC1. The Kier molecular flexibility index (Phi) is 5.91. The Morgan fingerprint density at radius 1 is 0.929 bits per heavy atom. The molecule has 1 aliphatic heterocycles. The van der Waals surface area contributed by atoms with Crippen molar-refractivity contribution in [1.82, 2.24) is 15.5 Å². The van der Waals surface area contributed by atoms with Gasteiger partial charge in [-0.1, -0.05) is 55.3 Å². The van der Waals surface area contributed by atoms with Gasteiger partial charge in [0.25, 0.3) is 0 Å². The van der Waals surface area contributed by atoms with Crippen LogP contribution in [0.4, 0.5) is 0 Å². The van der Waals surface area contributed by atoms with Crippen LogP contribution in [-0.4, -0.2) is 42.4 Å². The van der Waals surface area contributed by atoms with E-state index in [-0.39, 0.29) is 12.1 Å². The number of carbonyl (C=O) groups excluding carboxylic acids is 2. The zero-order chi connectivity index (χ0) is 19.3. The lowest BCUT2D eigenvalue weighted by atomic mass is 9.97. The molecule has 5 nitrogen and oxygen atoms in total. The van der Waals surface area contributed by atoms with Crippen molar-refractivity contribution in [2.75, 3.05) is 19.6 Å². The molecule has 2 aromatic carbocycles. The lowest BCUT2D eigenvalue weighted by Gasteiger charge is -2.29. The predicted octanol–water partition coefficient (Wildman–Crippen LogP) is 3.15. The molecule has 2 N–H and O–H groups in total. The van der Waals surface area contributed by atoms with Gasteiger partial charge in [-0.2, -0.15) is 0 Å². The zero-order valence-electron chi connectivity index (χ0n) is 16.3. The smallest absolute Gasteiger partial charge is 0.309 e. The Bertz CT molecular complexity index is 833. The average Bonchev–Trinajstić information content (AvgIpc) is 3.42. The molecule has 1 aliphatic carbocycles. The van der Waals surface area contributed by atoms with Crippen molar-refractivity contribution in [2.45, 2.75) is 50.6 Å². The van der Waals surface area contributed by atoms with Crippen LogP contribution in [0.3, 0.4) is 0 Å². The number of nitrogens with zero attached hydrogens (tertiary/aromatic N) is 1. The van der Waals surface area contributed by atoms with Gasteiger partial charge in [-0.15, -0.1) is 0 Å². The second-order valence-corrected chi connectivity index (χ2v) is 7.99. The Labute approximate surface area is 166 Å². The fraction of sp³-hybridized carbons (Fsp3) is 0.478. The van der Waals surface area contributed by atoms with Crippen LogP contribution in [0, 0.1) is 0 Å². The molecule has 0 radical (unpaired) electrons. The third kappa shape index (κ3) is 4.20. The van der Waals surface area contributed by atoms with Crippen molar-refractivity contribution >= 4 is 22.6 Å². The molecule has 0 bridgehead atoms.